The van der Waals surface area contributed by atoms with Gasteiger partial charge in [-0.2, -0.15) is 0 Å². The van der Waals surface area contributed by atoms with E-state index in [1.54, 1.807) is 44.0 Å². The van der Waals surface area contributed by atoms with Crippen LogP contribution in [0.5, 0.6) is 17.2 Å². The first-order valence-electron chi connectivity index (χ1n) is 17.7. The van der Waals surface area contributed by atoms with Gasteiger partial charge in [-0.15, -0.1) is 0 Å². The van der Waals surface area contributed by atoms with Crippen LogP contribution >= 0.6 is 11.6 Å². The molecular formula is C39H46ClN5O7. The minimum atomic E-state index is -0.618. The molecule has 13 heteroatoms. The maximum absolute atomic E-state index is 13.4. The molecule has 2 aromatic heterocycles. The lowest BCUT2D eigenvalue weighted by molar-refractivity contribution is 0.0642. The van der Waals surface area contributed by atoms with Crippen LogP contribution in [-0.2, 0) is 7.05 Å². The molecule has 1 amide bonds. The number of ether oxygens (including phenoxy) is 3. The highest BCUT2D eigenvalue weighted by atomic mass is 35.5. The van der Waals surface area contributed by atoms with Gasteiger partial charge in [0, 0.05) is 61.8 Å². The molecule has 2 aliphatic heterocycles. The lowest BCUT2D eigenvalue weighted by Gasteiger charge is -2.37. The van der Waals surface area contributed by atoms with Crippen LogP contribution < -0.4 is 31.0 Å². The number of aromatic amines is 1. The van der Waals surface area contributed by atoms with E-state index in [-0.39, 0.29) is 11.5 Å². The maximum Gasteiger partial charge on any atom is 0.332 e. The molecule has 0 unspecified atom stereocenters. The van der Waals surface area contributed by atoms with E-state index in [1.165, 1.54) is 16.8 Å². The second kappa shape index (κ2) is 15.8. The van der Waals surface area contributed by atoms with Gasteiger partial charge < -0.3 is 28.6 Å². The topological polar surface area (TPSA) is 128 Å². The van der Waals surface area contributed by atoms with Gasteiger partial charge in [0.2, 0.25) is 5.75 Å². The highest BCUT2D eigenvalue weighted by Gasteiger charge is 2.28. The van der Waals surface area contributed by atoms with Crippen molar-refractivity contribution < 1.29 is 19.0 Å². The quantitative estimate of drug-likeness (QED) is 0.246. The van der Waals surface area contributed by atoms with Gasteiger partial charge >= 0.3 is 5.69 Å². The molecule has 12 nitrogen and oxygen atoms in total. The number of hydrogen-bond donors (Lipinski definition) is 1. The minimum absolute atomic E-state index is 0.0139. The number of aromatic nitrogens is 3. The highest BCUT2D eigenvalue weighted by Crippen LogP contribution is 2.42. The molecule has 0 atom stereocenters. The summed E-state index contributed by atoms with van der Waals surface area (Å²) < 4.78 is 20.7. The molecule has 6 rings (SSSR count). The van der Waals surface area contributed by atoms with Gasteiger partial charge in [0.1, 0.15) is 0 Å². The van der Waals surface area contributed by atoms with E-state index >= 15 is 0 Å². The summed E-state index contributed by atoms with van der Waals surface area (Å²) in [6.45, 7) is 8.66. The Morgan fingerprint density at radius 1 is 0.885 bits per heavy atom. The van der Waals surface area contributed by atoms with Crippen LogP contribution in [-0.4, -0.2) is 83.4 Å². The molecule has 2 aliphatic rings. The molecule has 4 aromatic rings. The van der Waals surface area contributed by atoms with E-state index in [4.69, 9.17) is 25.8 Å². The summed E-state index contributed by atoms with van der Waals surface area (Å²) in [4.78, 5) is 56.3. The Morgan fingerprint density at radius 3 is 2.17 bits per heavy atom. The van der Waals surface area contributed by atoms with Gasteiger partial charge in [0.05, 0.1) is 31.5 Å². The SMILES string of the molecule is COc1cc(-c2cn(C)c(=O)c(C)c2C)cc(OC)c1OCC1CCN(CC2CCN(C(=O)c3ccc(Cl)c(-n4ccc(=O)[nH]c4=O)c3)CC2)CC1. The summed E-state index contributed by atoms with van der Waals surface area (Å²) in [5, 5.41) is 0.303. The third kappa shape index (κ3) is 7.83. The Morgan fingerprint density at radius 2 is 1.54 bits per heavy atom. The van der Waals surface area contributed by atoms with Gasteiger partial charge in [0.15, 0.2) is 11.5 Å². The van der Waals surface area contributed by atoms with Crippen molar-refractivity contribution in [3.8, 4) is 34.1 Å². The summed E-state index contributed by atoms with van der Waals surface area (Å²) in [5.41, 5.74) is 3.11. The number of piperidine rings is 2. The van der Waals surface area contributed by atoms with Gasteiger partial charge in [0.25, 0.3) is 17.0 Å². The van der Waals surface area contributed by atoms with E-state index in [1.807, 2.05) is 37.1 Å². The van der Waals surface area contributed by atoms with Crippen molar-refractivity contribution in [1.82, 2.24) is 23.9 Å². The first-order valence-corrected chi connectivity index (χ1v) is 18.0. The number of pyridine rings is 1. The van der Waals surface area contributed by atoms with Crippen LogP contribution in [0.25, 0.3) is 16.8 Å². The zero-order valence-electron chi connectivity index (χ0n) is 30.4. The third-order valence-electron chi connectivity index (χ3n) is 10.6. The van der Waals surface area contributed by atoms with E-state index in [0.717, 1.165) is 62.0 Å². The Kier molecular flexibility index (Phi) is 11.3. The second-order valence-corrected chi connectivity index (χ2v) is 14.3. The number of nitrogens with one attached hydrogen (secondary N) is 1. The molecule has 2 fully saturated rings. The fourth-order valence-electron chi connectivity index (χ4n) is 7.29. The van der Waals surface area contributed by atoms with Crippen molar-refractivity contribution in [1.29, 1.82) is 0 Å². The van der Waals surface area contributed by atoms with Gasteiger partial charge in [-0.3, -0.25) is 23.9 Å². The van der Waals surface area contributed by atoms with E-state index in [9.17, 15) is 19.2 Å². The molecule has 2 saturated heterocycles. The fourth-order valence-corrected chi connectivity index (χ4v) is 7.49. The summed E-state index contributed by atoms with van der Waals surface area (Å²) in [6, 6.07) is 9.99. The first kappa shape index (κ1) is 37.0. The van der Waals surface area contributed by atoms with Crippen molar-refractivity contribution in [2.45, 2.75) is 39.5 Å². The standard InChI is InChI=1S/C39H46ClN5O7/c1-24-25(2)37(47)42(3)22-30(24)29-19-33(50-4)36(34(20-29)51-5)52-23-27-8-13-43(14-9-27)21-26-10-15-44(16-11-26)38(48)28-6-7-31(40)32(18-28)45-17-12-35(46)41-39(45)49/h6-7,12,17-20,22,26-27H,8-11,13-16,21,23H2,1-5H3,(H,41,46,49). The monoisotopic (exact) mass is 731 g/mol. The summed E-state index contributed by atoms with van der Waals surface area (Å²) >= 11 is 6.36. The number of nitrogens with zero attached hydrogens (tertiary/aromatic N) is 4. The van der Waals surface area contributed by atoms with Crippen LogP contribution in [0.3, 0.4) is 0 Å². The predicted octanol–water partition coefficient (Wildman–Crippen LogP) is 4.82. The minimum Gasteiger partial charge on any atom is -0.493 e. The number of carbonyl (C=O) groups is 1. The van der Waals surface area contributed by atoms with Crippen molar-refractivity contribution in [2.75, 3.05) is 53.6 Å². The van der Waals surface area contributed by atoms with Crippen molar-refractivity contribution >= 4 is 17.5 Å². The number of benzene rings is 2. The average Bonchev–Trinajstić information content (AvgIpc) is 3.15. The number of H-pyrrole nitrogens is 1. The van der Waals surface area contributed by atoms with Crippen LogP contribution in [0.2, 0.25) is 5.02 Å². The first-order chi connectivity index (χ1) is 25.0. The van der Waals surface area contributed by atoms with Crippen molar-refractivity contribution in [3.05, 3.63) is 102 Å². The zero-order valence-corrected chi connectivity index (χ0v) is 31.1. The molecular weight excluding hydrogens is 686 g/mol. The molecule has 1 N–H and O–H groups in total. The van der Waals surface area contributed by atoms with Crippen LogP contribution in [0.4, 0.5) is 0 Å². The van der Waals surface area contributed by atoms with Gasteiger partial charge in [-0.05, 0) is 106 Å². The van der Waals surface area contributed by atoms with E-state index in [0.29, 0.717) is 70.6 Å². The maximum atomic E-state index is 13.4. The number of rotatable bonds is 10. The number of hydrogen-bond acceptors (Lipinski definition) is 8. The third-order valence-corrected chi connectivity index (χ3v) is 10.9. The Balaban J connectivity index is 1.00. The molecule has 0 spiro atoms. The molecule has 52 heavy (non-hydrogen) atoms. The number of amides is 1. The summed E-state index contributed by atoms with van der Waals surface area (Å²) in [6.07, 6.45) is 7.08. The smallest absolute Gasteiger partial charge is 0.332 e. The molecule has 0 saturated carbocycles. The summed E-state index contributed by atoms with van der Waals surface area (Å²) in [5.74, 6) is 2.55. The predicted molar refractivity (Wildman–Crippen MR) is 201 cm³/mol. The van der Waals surface area contributed by atoms with Gasteiger partial charge in [-0.1, -0.05) is 11.6 Å². The highest BCUT2D eigenvalue weighted by molar-refractivity contribution is 6.32. The van der Waals surface area contributed by atoms with Gasteiger partial charge in [-0.25, -0.2) is 4.79 Å². The summed E-state index contributed by atoms with van der Waals surface area (Å²) in [7, 11) is 5.00. The van der Waals surface area contributed by atoms with Crippen molar-refractivity contribution in [2.24, 2.45) is 18.9 Å². The number of halogens is 1. The number of methoxy groups -OCH3 is 2. The van der Waals surface area contributed by atoms with E-state index < -0.39 is 11.2 Å². The second-order valence-electron chi connectivity index (χ2n) is 13.9. The number of aryl methyl sites for hydroxylation is 1. The largest absolute Gasteiger partial charge is 0.493 e. The number of carbonyl (C=O) groups excluding carboxylic acids is 1. The van der Waals surface area contributed by atoms with E-state index in [2.05, 4.69) is 9.88 Å². The van der Waals surface area contributed by atoms with Crippen LogP contribution in [0.1, 0.15) is 47.2 Å². The molecule has 276 valence electrons. The number of likely N-dealkylation sites (tertiary alicyclic amines) is 2. The fraction of sp³-hybridized carbons (Fsp3) is 0.436. The lowest BCUT2D eigenvalue weighted by Crippen LogP contribution is -2.43. The molecule has 0 radical (unpaired) electrons. The molecule has 0 bridgehead atoms. The average molecular weight is 732 g/mol. The zero-order chi connectivity index (χ0) is 37.1. The molecule has 2 aromatic carbocycles. The Bertz CT molecular complexity index is 2100. The van der Waals surface area contributed by atoms with Crippen molar-refractivity contribution in [3.63, 3.8) is 0 Å². The normalized spacial score (nSPS) is 15.8. The molecule has 0 aliphatic carbocycles. The molecule has 4 heterocycles. The Labute approximate surface area is 307 Å². The lowest BCUT2D eigenvalue weighted by atomic mass is 9.93. The Hall–Kier alpha value is -4.81. The van der Waals surface area contributed by atoms with Crippen LogP contribution in [0, 0.1) is 25.7 Å². The van der Waals surface area contributed by atoms with Crippen LogP contribution in [0.15, 0.2) is 63.2 Å².